The van der Waals surface area contributed by atoms with Crippen molar-refractivity contribution in [2.45, 2.75) is 13.8 Å². The lowest BCUT2D eigenvalue weighted by Crippen LogP contribution is -2.27. The minimum atomic E-state index is -0.146. The van der Waals surface area contributed by atoms with Gasteiger partial charge in [-0.25, -0.2) is 0 Å². The molecular formula is C21H21NO4S2. The molecule has 7 heteroatoms. The van der Waals surface area contributed by atoms with Crippen molar-refractivity contribution in [2.75, 3.05) is 25.2 Å². The first kappa shape index (κ1) is 20.2. The number of methoxy groups -OCH3 is 1. The molecular weight excluding hydrogens is 394 g/mol. The van der Waals surface area contributed by atoms with Crippen molar-refractivity contribution < 1.29 is 19.0 Å². The second-order valence-electron chi connectivity index (χ2n) is 5.79. The second kappa shape index (κ2) is 9.12. The molecule has 1 saturated heterocycles. The van der Waals surface area contributed by atoms with E-state index in [2.05, 4.69) is 0 Å². The lowest BCUT2D eigenvalue weighted by Gasteiger charge is -2.14. The van der Waals surface area contributed by atoms with Crippen molar-refractivity contribution >= 4 is 46.0 Å². The molecule has 0 spiro atoms. The van der Waals surface area contributed by atoms with Crippen LogP contribution in [0.1, 0.15) is 19.4 Å². The number of thioether (sulfide) groups is 1. The van der Waals surface area contributed by atoms with E-state index >= 15 is 0 Å². The van der Waals surface area contributed by atoms with Crippen LogP contribution in [0.25, 0.3) is 6.08 Å². The first-order valence-electron chi connectivity index (χ1n) is 8.89. The number of carbonyl (C=O) groups is 1. The summed E-state index contributed by atoms with van der Waals surface area (Å²) in [5.41, 5.74) is 1.57. The molecule has 0 bridgehead atoms. The number of amides is 1. The first-order chi connectivity index (χ1) is 13.6. The maximum atomic E-state index is 12.9. The summed E-state index contributed by atoms with van der Waals surface area (Å²) in [7, 11) is 1.60. The first-order valence-corrected chi connectivity index (χ1v) is 10.1. The Bertz CT molecular complexity index is 909. The van der Waals surface area contributed by atoms with Gasteiger partial charge in [0.05, 0.1) is 30.9 Å². The highest BCUT2D eigenvalue weighted by atomic mass is 32.2. The number of carbonyl (C=O) groups excluding carboxylic acids is 1. The topological polar surface area (TPSA) is 48.0 Å². The number of hydrogen-bond donors (Lipinski definition) is 0. The zero-order valence-electron chi connectivity index (χ0n) is 15.9. The maximum absolute atomic E-state index is 12.9. The highest BCUT2D eigenvalue weighted by Gasteiger charge is 2.33. The van der Waals surface area contributed by atoms with Gasteiger partial charge in [0.2, 0.25) is 0 Å². The van der Waals surface area contributed by atoms with E-state index in [-0.39, 0.29) is 5.91 Å². The highest BCUT2D eigenvalue weighted by molar-refractivity contribution is 8.27. The van der Waals surface area contributed by atoms with E-state index in [1.54, 1.807) is 19.2 Å². The van der Waals surface area contributed by atoms with Crippen LogP contribution in [0, 0.1) is 0 Å². The van der Waals surface area contributed by atoms with Gasteiger partial charge in [0.15, 0.2) is 15.8 Å². The largest absolute Gasteiger partial charge is 0.497 e. The average molecular weight is 416 g/mol. The molecule has 0 aromatic heterocycles. The molecule has 0 saturated carbocycles. The van der Waals surface area contributed by atoms with Gasteiger partial charge in [-0.15, -0.1) is 0 Å². The summed E-state index contributed by atoms with van der Waals surface area (Å²) in [6.07, 6.45) is 1.82. The summed E-state index contributed by atoms with van der Waals surface area (Å²) in [4.78, 5) is 15.0. The summed E-state index contributed by atoms with van der Waals surface area (Å²) >= 11 is 6.71. The molecule has 0 aliphatic carbocycles. The minimum absolute atomic E-state index is 0.146. The number of ether oxygens (including phenoxy) is 3. The Morgan fingerprint density at radius 2 is 1.71 bits per heavy atom. The molecule has 2 aromatic carbocycles. The van der Waals surface area contributed by atoms with E-state index in [9.17, 15) is 4.79 Å². The van der Waals surface area contributed by atoms with Gasteiger partial charge in [-0.3, -0.25) is 9.69 Å². The third-order valence-corrected chi connectivity index (χ3v) is 5.29. The van der Waals surface area contributed by atoms with E-state index in [0.717, 1.165) is 11.3 Å². The van der Waals surface area contributed by atoms with Crippen molar-refractivity contribution in [3.8, 4) is 17.2 Å². The van der Waals surface area contributed by atoms with Crippen molar-refractivity contribution in [2.24, 2.45) is 0 Å². The van der Waals surface area contributed by atoms with Crippen LogP contribution in [-0.2, 0) is 4.79 Å². The molecule has 0 unspecified atom stereocenters. The Morgan fingerprint density at radius 1 is 1.04 bits per heavy atom. The highest BCUT2D eigenvalue weighted by Crippen LogP contribution is 2.37. The monoisotopic (exact) mass is 415 g/mol. The molecule has 1 aliphatic heterocycles. The van der Waals surface area contributed by atoms with Gasteiger partial charge in [-0.2, -0.15) is 0 Å². The molecule has 1 aliphatic rings. The summed E-state index contributed by atoms with van der Waals surface area (Å²) < 4.78 is 16.9. The van der Waals surface area contributed by atoms with Crippen LogP contribution in [0.5, 0.6) is 17.2 Å². The Labute approximate surface area is 174 Å². The molecule has 28 heavy (non-hydrogen) atoms. The van der Waals surface area contributed by atoms with E-state index in [1.165, 1.54) is 16.7 Å². The SMILES string of the molecule is CCOc1ccc(/C=C2\SC(=S)N(c3ccc(OC)cc3)C2=O)cc1OCC. The number of thiocarbonyl (C=S) groups is 1. The van der Waals surface area contributed by atoms with Gasteiger partial charge >= 0.3 is 0 Å². The van der Waals surface area contributed by atoms with E-state index in [4.69, 9.17) is 26.4 Å². The molecule has 146 valence electrons. The molecule has 3 rings (SSSR count). The van der Waals surface area contributed by atoms with E-state index in [0.29, 0.717) is 39.6 Å². The minimum Gasteiger partial charge on any atom is -0.497 e. The van der Waals surface area contributed by atoms with E-state index < -0.39 is 0 Å². The maximum Gasteiger partial charge on any atom is 0.270 e. The van der Waals surface area contributed by atoms with Crippen LogP contribution in [-0.4, -0.2) is 30.6 Å². The van der Waals surface area contributed by atoms with Crippen molar-refractivity contribution in [1.29, 1.82) is 0 Å². The zero-order chi connectivity index (χ0) is 20.1. The molecule has 5 nitrogen and oxygen atoms in total. The summed E-state index contributed by atoms with van der Waals surface area (Å²) in [5, 5.41) is 0. The van der Waals surface area contributed by atoms with Crippen LogP contribution in [0.2, 0.25) is 0 Å². The molecule has 1 amide bonds. The second-order valence-corrected chi connectivity index (χ2v) is 7.46. The summed E-state index contributed by atoms with van der Waals surface area (Å²) in [5.74, 6) is 1.92. The number of rotatable bonds is 7. The fourth-order valence-corrected chi connectivity index (χ4v) is 4.03. The Balaban J connectivity index is 1.87. The fourth-order valence-electron chi connectivity index (χ4n) is 2.73. The number of benzene rings is 2. The lowest BCUT2D eigenvalue weighted by atomic mass is 10.1. The van der Waals surface area contributed by atoms with Crippen LogP contribution in [0.15, 0.2) is 47.4 Å². The quantitative estimate of drug-likeness (QED) is 0.474. The summed E-state index contributed by atoms with van der Waals surface area (Å²) in [6.45, 7) is 4.93. The number of hydrogen-bond acceptors (Lipinski definition) is 6. The molecule has 1 heterocycles. The van der Waals surface area contributed by atoms with Crippen molar-refractivity contribution in [1.82, 2.24) is 0 Å². The predicted octanol–water partition coefficient (Wildman–Crippen LogP) is 4.90. The van der Waals surface area contributed by atoms with Crippen LogP contribution in [0.3, 0.4) is 0 Å². The Hall–Kier alpha value is -2.51. The average Bonchev–Trinajstić information content (AvgIpc) is 2.97. The summed E-state index contributed by atoms with van der Waals surface area (Å²) in [6, 6.07) is 12.9. The zero-order valence-corrected chi connectivity index (χ0v) is 17.6. The van der Waals surface area contributed by atoms with E-state index in [1.807, 2.05) is 50.3 Å². The van der Waals surface area contributed by atoms with Crippen LogP contribution < -0.4 is 19.1 Å². The van der Waals surface area contributed by atoms with Gasteiger partial charge in [0, 0.05) is 0 Å². The number of anilines is 1. The third kappa shape index (κ3) is 4.31. The molecule has 0 radical (unpaired) electrons. The van der Waals surface area contributed by atoms with Crippen LogP contribution in [0.4, 0.5) is 5.69 Å². The molecule has 2 aromatic rings. The number of nitrogens with zero attached hydrogens (tertiary/aromatic N) is 1. The van der Waals surface area contributed by atoms with Gasteiger partial charge in [0.1, 0.15) is 5.75 Å². The van der Waals surface area contributed by atoms with Crippen LogP contribution >= 0.6 is 24.0 Å². The Morgan fingerprint density at radius 3 is 2.36 bits per heavy atom. The smallest absolute Gasteiger partial charge is 0.270 e. The van der Waals surface area contributed by atoms with Gasteiger partial charge in [-0.1, -0.05) is 30.0 Å². The van der Waals surface area contributed by atoms with Gasteiger partial charge in [-0.05, 0) is 61.9 Å². The third-order valence-electron chi connectivity index (χ3n) is 3.99. The molecule has 0 N–H and O–H groups in total. The lowest BCUT2D eigenvalue weighted by molar-refractivity contribution is -0.113. The molecule has 1 fully saturated rings. The molecule has 0 atom stereocenters. The van der Waals surface area contributed by atoms with Gasteiger partial charge < -0.3 is 14.2 Å². The van der Waals surface area contributed by atoms with Gasteiger partial charge in [0.25, 0.3) is 5.91 Å². The van der Waals surface area contributed by atoms with Crippen molar-refractivity contribution in [3.63, 3.8) is 0 Å². The predicted molar refractivity (Wildman–Crippen MR) is 117 cm³/mol. The standard InChI is InChI=1S/C21H21NO4S2/c1-4-25-17-11-6-14(12-18(17)26-5-2)13-19-20(23)22(21(27)28-19)15-7-9-16(24-3)10-8-15/h6-13H,4-5H2,1-3H3/b19-13-. The normalized spacial score (nSPS) is 15.2. The fraction of sp³-hybridized carbons (Fsp3) is 0.238. The Kier molecular flexibility index (Phi) is 6.59. The van der Waals surface area contributed by atoms with Crippen molar-refractivity contribution in [3.05, 3.63) is 52.9 Å².